The molecule has 2 aromatic heterocycles. The van der Waals surface area contributed by atoms with Gasteiger partial charge in [0.2, 0.25) is 11.8 Å². The Morgan fingerprint density at radius 3 is 2.61 bits per heavy atom. The van der Waals surface area contributed by atoms with Crippen LogP contribution >= 0.6 is 27.3 Å². The number of hydrogen-bond acceptors (Lipinski definition) is 11. The number of amides is 3. The van der Waals surface area contributed by atoms with Gasteiger partial charge in [0.25, 0.3) is 11.5 Å². The second-order valence-electron chi connectivity index (χ2n) is 13.2. The van der Waals surface area contributed by atoms with Crippen LogP contribution in [0.3, 0.4) is 0 Å². The molecule has 3 aliphatic heterocycles. The number of imide groups is 1. The molecule has 0 bridgehead atoms. The number of hydrogen-bond donors (Lipinski definition) is 3. The Balaban J connectivity index is 0.856. The van der Waals surface area contributed by atoms with Gasteiger partial charge < -0.3 is 24.8 Å². The first kappa shape index (κ1) is 35.1. The highest BCUT2D eigenvalue weighted by molar-refractivity contribution is 9.10. The van der Waals surface area contributed by atoms with Crippen molar-refractivity contribution in [2.45, 2.75) is 62.8 Å². The topological polar surface area (TPSA) is 155 Å². The summed E-state index contributed by atoms with van der Waals surface area (Å²) in [6.45, 7) is 2.73. The average molecular weight is 780 g/mol. The zero-order valence-electron chi connectivity index (χ0n) is 28.0. The maximum Gasteiger partial charge on any atom is 0.275 e. The molecule has 2 saturated heterocycles. The Bertz CT molecular complexity index is 2000. The van der Waals surface area contributed by atoms with Crippen LogP contribution in [-0.2, 0) is 9.59 Å². The number of piperidine rings is 2. The molecule has 51 heavy (non-hydrogen) atoms. The van der Waals surface area contributed by atoms with E-state index in [2.05, 4.69) is 55.6 Å². The lowest BCUT2D eigenvalue weighted by Crippen LogP contribution is -2.53. The van der Waals surface area contributed by atoms with Crippen LogP contribution in [-0.4, -0.2) is 87.4 Å². The van der Waals surface area contributed by atoms with E-state index in [0.717, 1.165) is 49.4 Å². The molecule has 0 saturated carbocycles. The number of thiazole rings is 1. The quantitative estimate of drug-likeness (QED) is 0.140. The zero-order valence-corrected chi connectivity index (χ0v) is 30.5. The number of fused-ring (bicyclic) bond motifs is 2. The Hall–Kier alpha value is -4.31. The van der Waals surface area contributed by atoms with E-state index in [0.29, 0.717) is 51.3 Å². The van der Waals surface area contributed by atoms with Gasteiger partial charge in [0.15, 0.2) is 11.2 Å². The number of nitrogens with one attached hydrogen (secondary N) is 2. The lowest BCUT2D eigenvalue weighted by Gasteiger charge is -2.36. The third kappa shape index (κ3) is 7.38. The van der Waals surface area contributed by atoms with Gasteiger partial charge in [-0.3, -0.25) is 33.8 Å². The summed E-state index contributed by atoms with van der Waals surface area (Å²) >= 11 is 4.88. The third-order valence-corrected chi connectivity index (χ3v) is 11.1. The van der Waals surface area contributed by atoms with Crippen molar-refractivity contribution in [3.05, 3.63) is 85.6 Å². The molecule has 13 nitrogen and oxygen atoms in total. The molecule has 0 spiro atoms. The summed E-state index contributed by atoms with van der Waals surface area (Å²) in [5, 5.41) is 18.7. The van der Waals surface area contributed by atoms with Crippen molar-refractivity contribution in [2.24, 2.45) is 0 Å². The fourth-order valence-electron chi connectivity index (χ4n) is 7.17. The first-order chi connectivity index (χ1) is 24.7. The molecule has 3 aliphatic rings. The maximum atomic E-state index is 13.1. The molecule has 0 radical (unpaired) electrons. The zero-order chi connectivity index (χ0) is 35.6. The van der Waals surface area contributed by atoms with Crippen LogP contribution in [0.2, 0.25) is 0 Å². The van der Waals surface area contributed by atoms with Gasteiger partial charge in [-0.25, -0.2) is 4.98 Å². The van der Waals surface area contributed by atoms with E-state index in [1.54, 1.807) is 28.8 Å². The molecule has 5 heterocycles. The minimum absolute atomic E-state index is 0.107. The van der Waals surface area contributed by atoms with Gasteiger partial charge in [-0.05, 0) is 90.8 Å². The Kier molecular flexibility index (Phi) is 10.4. The highest BCUT2D eigenvalue weighted by Crippen LogP contribution is 2.40. The summed E-state index contributed by atoms with van der Waals surface area (Å²) in [6.07, 6.45) is 4.01. The minimum Gasteiger partial charge on any atom is -0.494 e. The number of halogens is 1. The van der Waals surface area contributed by atoms with Crippen molar-refractivity contribution in [1.29, 1.82) is 0 Å². The van der Waals surface area contributed by atoms with E-state index in [1.165, 1.54) is 16.9 Å². The Labute approximate surface area is 306 Å². The van der Waals surface area contributed by atoms with E-state index in [-0.39, 0.29) is 30.3 Å². The summed E-state index contributed by atoms with van der Waals surface area (Å²) in [4.78, 5) is 58.6. The highest BCUT2D eigenvalue weighted by atomic mass is 79.9. The summed E-state index contributed by atoms with van der Waals surface area (Å²) in [6, 6.07) is 12.5. The van der Waals surface area contributed by atoms with Crippen molar-refractivity contribution >= 4 is 55.8 Å². The number of aliphatic hydroxyl groups excluding tert-OH is 1. The van der Waals surface area contributed by atoms with E-state index in [9.17, 15) is 24.3 Å². The van der Waals surface area contributed by atoms with Crippen molar-refractivity contribution in [3.8, 4) is 11.5 Å². The SMILES string of the molecule is CN1C[C@H](Nc2nc3sccn3c(=O)c2Br)C[C@H](c2ccc(OCCCCCOc3cccc4c3C(O)N(C3CCC(=O)NC3=O)C4=O)cc2)C1. The largest absolute Gasteiger partial charge is 0.494 e. The predicted molar refractivity (Wildman–Crippen MR) is 194 cm³/mol. The lowest BCUT2D eigenvalue weighted by atomic mass is 9.88. The predicted octanol–water partition coefficient (Wildman–Crippen LogP) is 4.30. The molecular weight excluding hydrogens is 740 g/mol. The van der Waals surface area contributed by atoms with E-state index < -0.39 is 24.1 Å². The highest BCUT2D eigenvalue weighted by Gasteiger charge is 2.45. The van der Waals surface area contributed by atoms with E-state index in [4.69, 9.17) is 9.47 Å². The summed E-state index contributed by atoms with van der Waals surface area (Å²) in [5.74, 6) is 0.687. The van der Waals surface area contributed by atoms with Crippen molar-refractivity contribution < 1.29 is 29.0 Å². The maximum absolute atomic E-state index is 13.1. The average Bonchev–Trinajstić information content (AvgIpc) is 3.69. The van der Waals surface area contributed by atoms with Gasteiger partial charge in [-0.15, -0.1) is 11.3 Å². The van der Waals surface area contributed by atoms with Gasteiger partial charge >= 0.3 is 0 Å². The number of carbonyl (C=O) groups excluding carboxylic acids is 3. The molecule has 3 N–H and O–H groups in total. The number of rotatable bonds is 12. The molecule has 4 aromatic rings. The first-order valence-electron chi connectivity index (χ1n) is 17.1. The number of unbranched alkanes of at least 4 members (excludes halogenated alkanes) is 2. The van der Waals surface area contributed by atoms with E-state index in [1.807, 2.05) is 17.5 Å². The number of aliphatic hydroxyl groups is 1. The molecule has 268 valence electrons. The van der Waals surface area contributed by atoms with Crippen LogP contribution in [0.5, 0.6) is 11.5 Å². The molecule has 4 atom stereocenters. The van der Waals surface area contributed by atoms with Gasteiger partial charge in [-0.1, -0.05) is 18.2 Å². The number of nitrogens with zero attached hydrogens (tertiary/aromatic N) is 4. The number of likely N-dealkylation sites (N-methyl/N-ethyl adjacent to an activating group) is 1. The monoisotopic (exact) mass is 778 g/mol. The van der Waals surface area contributed by atoms with Crippen LogP contribution in [0.4, 0.5) is 5.82 Å². The number of anilines is 1. The third-order valence-electron chi connectivity index (χ3n) is 9.65. The summed E-state index contributed by atoms with van der Waals surface area (Å²) < 4.78 is 14.0. The summed E-state index contributed by atoms with van der Waals surface area (Å²) in [7, 11) is 2.11. The molecule has 15 heteroatoms. The summed E-state index contributed by atoms with van der Waals surface area (Å²) in [5.41, 5.74) is 1.76. The molecule has 2 fully saturated rings. The molecule has 2 unspecified atom stereocenters. The van der Waals surface area contributed by atoms with Gasteiger partial charge in [0.1, 0.15) is 27.8 Å². The van der Waals surface area contributed by atoms with Crippen LogP contribution in [0.15, 0.2) is 63.3 Å². The fourth-order valence-corrected chi connectivity index (χ4v) is 8.27. The molecule has 2 aromatic carbocycles. The lowest BCUT2D eigenvalue weighted by molar-refractivity contribution is -0.139. The van der Waals surface area contributed by atoms with Gasteiger partial charge in [0, 0.05) is 37.1 Å². The van der Waals surface area contributed by atoms with Crippen molar-refractivity contribution in [1.82, 2.24) is 24.5 Å². The van der Waals surface area contributed by atoms with Crippen molar-refractivity contribution in [3.63, 3.8) is 0 Å². The first-order valence-corrected chi connectivity index (χ1v) is 18.8. The van der Waals surface area contributed by atoms with Crippen LogP contribution in [0, 0.1) is 0 Å². The van der Waals surface area contributed by atoms with Crippen LogP contribution in [0.1, 0.15) is 72.2 Å². The molecule has 7 rings (SSSR count). The fraction of sp³-hybridized carbons (Fsp3) is 0.417. The molecule has 0 aliphatic carbocycles. The van der Waals surface area contributed by atoms with Gasteiger partial charge in [0.05, 0.1) is 24.3 Å². The van der Waals surface area contributed by atoms with Crippen LogP contribution < -0.4 is 25.7 Å². The number of carbonyl (C=O) groups is 3. The number of benzene rings is 2. The minimum atomic E-state index is -1.33. The Morgan fingerprint density at radius 1 is 1.04 bits per heavy atom. The molecule has 3 amide bonds. The van der Waals surface area contributed by atoms with Crippen LogP contribution in [0.25, 0.3) is 4.96 Å². The normalized spacial score (nSPS) is 22.3. The second kappa shape index (κ2) is 15.1. The number of aromatic nitrogens is 2. The Morgan fingerprint density at radius 2 is 1.82 bits per heavy atom. The number of ether oxygens (including phenoxy) is 2. The number of likely N-dealkylation sites (tertiary alicyclic amines) is 1. The smallest absolute Gasteiger partial charge is 0.275 e. The van der Waals surface area contributed by atoms with E-state index >= 15 is 0 Å². The standard InChI is InChI=1S/C36H39BrN6O7S/c1-41-19-22(18-23(20-41)38-31-30(37)35(48)42-14-17-51-36(42)40-31)21-8-10-24(11-9-21)49-15-3-2-4-16-50-27-7-5-6-25-29(27)34(47)43(33(25)46)26-12-13-28(44)39-32(26)45/h5-11,14,17,22-23,26,34,38,47H,2-4,12-13,15-16,18-20H2,1H3,(H,39,44,45)/t22-,23+,26?,34?/m0/s1. The van der Waals surface area contributed by atoms with Gasteiger partial charge in [-0.2, -0.15) is 0 Å². The van der Waals surface area contributed by atoms with Crippen molar-refractivity contribution in [2.75, 3.05) is 38.7 Å². The molecular formula is C36H39BrN6O7S. The second-order valence-corrected chi connectivity index (χ2v) is 14.9.